The molecule has 0 atom stereocenters. The second-order valence-corrected chi connectivity index (χ2v) is 5.26. The Morgan fingerprint density at radius 3 is 2.47 bits per heavy atom. The van der Waals surface area contributed by atoms with Gasteiger partial charge in [0, 0.05) is 24.0 Å². The lowest BCUT2D eigenvalue weighted by Crippen LogP contribution is -2.34. The van der Waals surface area contributed by atoms with Crippen LogP contribution in [0.25, 0.3) is 0 Å². The number of rotatable bonds is 2. The molecule has 90 valence electrons. The van der Waals surface area contributed by atoms with Gasteiger partial charge in [0.15, 0.2) is 5.78 Å². The van der Waals surface area contributed by atoms with Gasteiger partial charge in [0.1, 0.15) is 0 Å². The Hall–Kier alpha value is -1.57. The minimum absolute atomic E-state index is 0.00286. The van der Waals surface area contributed by atoms with Gasteiger partial charge in [-0.15, -0.1) is 0 Å². The lowest BCUT2D eigenvalue weighted by molar-refractivity contribution is -0.114. The topological polar surface area (TPSA) is 20.3 Å². The molecule has 1 aliphatic rings. The van der Waals surface area contributed by atoms with Gasteiger partial charge in [-0.1, -0.05) is 32.0 Å². The van der Waals surface area contributed by atoms with E-state index in [1.165, 1.54) is 0 Å². The van der Waals surface area contributed by atoms with Crippen molar-refractivity contribution in [1.29, 1.82) is 0 Å². The fourth-order valence-electron chi connectivity index (χ4n) is 2.32. The van der Waals surface area contributed by atoms with Crippen LogP contribution in [-0.4, -0.2) is 12.3 Å². The van der Waals surface area contributed by atoms with Crippen molar-refractivity contribution >= 4 is 11.5 Å². The van der Waals surface area contributed by atoms with Crippen LogP contribution in [0.5, 0.6) is 0 Å². The van der Waals surface area contributed by atoms with Crippen LogP contribution in [0.4, 0.5) is 5.69 Å². The maximum Gasteiger partial charge on any atom is 0.157 e. The van der Waals surface area contributed by atoms with Gasteiger partial charge >= 0.3 is 0 Å². The quantitative estimate of drug-likeness (QED) is 0.774. The summed E-state index contributed by atoms with van der Waals surface area (Å²) in [5.74, 6) is 0.177. The second kappa shape index (κ2) is 4.36. The van der Waals surface area contributed by atoms with Crippen LogP contribution in [0.3, 0.4) is 0 Å². The summed E-state index contributed by atoms with van der Waals surface area (Å²) in [6.45, 7) is 6.90. The molecule has 2 nitrogen and oxygen atoms in total. The zero-order chi connectivity index (χ0) is 12.5. The minimum Gasteiger partial charge on any atom is -0.348 e. The van der Waals surface area contributed by atoms with E-state index in [1.807, 2.05) is 24.4 Å². The molecule has 0 spiro atoms. The number of Topliss-reactive ketones (excluding diaryl/α,β-unsaturated/α-hetero) is 1. The summed E-state index contributed by atoms with van der Waals surface area (Å²) in [5, 5.41) is 0. The van der Waals surface area contributed by atoms with Crippen LogP contribution >= 0.6 is 0 Å². The Balaban J connectivity index is 2.35. The number of hydrogen-bond acceptors (Lipinski definition) is 2. The summed E-state index contributed by atoms with van der Waals surface area (Å²) < 4.78 is 0. The van der Waals surface area contributed by atoms with Gasteiger partial charge in [0.25, 0.3) is 0 Å². The van der Waals surface area contributed by atoms with E-state index in [1.54, 1.807) is 6.92 Å². The van der Waals surface area contributed by atoms with Crippen LogP contribution < -0.4 is 4.90 Å². The van der Waals surface area contributed by atoms with E-state index >= 15 is 0 Å². The summed E-state index contributed by atoms with van der Waals surface area (Å²) in [6.07, 6.45) is 3.02. The molecule has 1 aromatic rings. The third-order valence-electron chi connectivity index (χ3n) is 3.46. The average Bonchev–Trinajstić information content (AvgIpc) is 2.29. The zero-order valence-corrected chi connectivity index (χ0v) is 10.7. The van der Waals surface area contributed by atoms with Crippen molar-refractivity contribution in [2.75, 3.05) is 11.4 Å². The smallest absolute Gasteiger partial charge is 0.157 e. The number of ketones is 1. The first-order chi connectivity index (χ1) is 8.00. The third kappa shape index (κ3) is 2.41. The van der Waals surface area contributed by atoms with E-state index in [0.717, 1.165) is 24.2 Å². The Kier molecular flexibility index (Phi) is 3.05. The highest BCUT2D eigenvalue weighted by Gasteiger charge is 2.31. The number of anilines is 1. The number of benzene rings is 1. The van der Waals surface area contributed by atoms with Crippen LogP contribution in [0.15, 0.2) is 42.1 Å². The number of carbonyl (C=O) groups is 1. The van der Waals surface area contributed by atoms with Crippen molar-refractivity contribution in [2.24, 2.45) is 5.41 Å². The highest BCUT2D eigenvalue weighted by molar-refractivity contribution is 5.95. The van der Waals surface area contributed by atoms with Crippen molar-refractivity contribution < 1.29 is 4.79 Å². The molecule has 0 amide bonds. The minimum atomic E-state index is -0.00286. The first-order valence-electron chi connectivity index (χ1n) is 6.06. The van der Waals surface area contributed by atoms with Gasteiger partial charge < -0.3 is 4.90 Å². The molecular formula is C15H19NO. The van der Waals surface area contributed by atoms with Gasteiger partial charge in [-0.25, -0.2) is 0 Å². The molecule has 2 rings (SSSR count). The standard InChI is InChI=1S/C15H19NO/c1-12(17)14-11-16(10-9-15(14,2)3)13-7-5-4-6-8-13/h4-8,11H,9-10H2,1-3H3. The van der Waals surface area contributed by atoms with Crippen LogP contribution in [-0.2, 0) is 4.79 Å². The van der Waals surface area contributed by atoms with E-state index < -0.39 is 0 Å². The number of para-hydroxylation sites is 1. The van der Waals surface area contributed by atoms with Crippen LogP contribution in [0, 0.1) is 5.41 Å². The lowest BCUT2D eigenvalue weighted by atomic mass is 9.77. The Bertz CT molecular complexity index is 445. The molecule has 0 bridgehead atoms. The van der Waals surface area contributed by atoms with Crippen LogP contribution in [0.2, 0.25) is 0 Å². The molecule has 0 saturated heterocycles. The summed E-state index contributed by atoms with van der Waals surface area (Å²) in [5.41, 5.74) is 2.08. The number of carbonyl (C=O) groups excluding carboxylic acids is 1. The Morgan fingerprint density at radius 2 is 1.88 bits per heavy atom. The number of nitrogens with zero attached hydrogens (tertiary/aromatic N) is 1. The molecule has 0 fully saturated rings. The number of allylic oxidation sites excluding steroid dienone is 1. The molecule has 0 unspecified atom stereocenters. The fourth-order valence-corrected chi connectivity index (χ4v) is 2.32. The fraction of sp³-hybridized carbons (Fsp3) is 0.400. The molecule has 0 saturated carbocycles. The SMILES string of the molecule is CC(=O)C1=CN(c2ccccc2)CCC1(C)C. The van der Waals surface area contributed by atoms with Crippen molar-refractivity contribution in [3.63, 3.8) is 0 Å². The van der Waals surface area contributed by atoms with E-state index in [0.29, 0.717) is 0 Å². The van der Waals surface area contributed by atoms with Crippen molar-refractivity contribution in [3.05, 3.63) is 42.1 Å². The first kappa shape index (κ1) is 11.9. The zero-order valence-electron chi connectivity index (χ0n) is 10.7. The van der Waals surface area contributed by atoms with E-state index in [2.05, 4.69) is 30.9 Å². The molecule has 1 aliphatic heterocycles. The highest BCUT2D eigenvalue weighted by Crippen LogP contribution is 2.36. The van der Waals surface area contributed by atoms with Crippen molar-refractivity contribution in [3.8, 4) is 0 Å². The van der Waals surface area contributed by atoms with Gasteiger partial charge in [-0.2, -0.15) is 0 Å². The van der Waals surface area contributed by atoms with Gasteiger partial charge in [-0.3, -0.25) is 4.79 Å². The van der Waals surface area contributed by atoms with Gasteiger partial charge in [0.05, 0.1) is 0 Å². The third-order valence-corrected chi connectivity index (χ3v) is 3.46. The van der Waals surface area contributed by atoms with E-state index in [-0.39, 0.29) is 11.2 Å². The first-order valence-corrected chi connectivity index (χ1v) is 6.06. The predicted octanol–water partition coefficient (Wildman–Crippen LogP) is 3.40. The largest absolute Gasteiger partial charge is 0.348 e. The van der Waals surface area contributed by atoms with E-state index in [4.69, 9.17) is 0 Å². The lowest BCUT2D eigenvalue weighted by Gasteiger charge is -2.36. The molecule has 0 N–H and O–H groups in total. The second-order valence-electron chi connectivity index (χ2n) is 5.26. The molecule has 17 heavy (non-hydrogen) atoms. The average molecular weight is 229 g/mol. The van der Waals surface area contributed by atoms with Crippen LogP contribution in [0.1, 0.15) is 27.2 Å². The highest BCUT2D eigenvalue weighted by atomic mass is 16.1. The van der Waals surface area contributed by atoms with E-state index in [9.17, 15) is 4.79 Å². The number of hydrogen-bond donors (Lipinski definition) is 0. The molecule has 2 heteroatoms. The summed E-state index contributed by atoms with van der Waals surface area (Å²) in [6, 6.07) is 10.2. The summed E-state index contributed by atoms with van der Waals surface area (Å²) in [7, 11) is 0. The summed E-state index contributed by atoms with van der Waals surface area (Å²) in [4.78, 5) is 13.9. The molecule has 0 aliphatic carbocycles. The monoisotopic (exact) mass is 229 g/mol. The Labute approximate surface area is 103 Å². The Morgan fingerprint density at radius 1 is 1.24 bits per heavy atom. The molecule has 1 aromatic carbocycles. The molecular weight excluding hydrogens is 210 g/mol. The van der Waals surface area contributed by atoms with Crippen molar-refractivity contribution in [2.45, 2.75) is 27.2 Å². The molecule has 0 aromatic heterocycles. The van der Waals surface area contributed by atoms with Gasteiger partial charge in [-0.05, 0) is 30.9 Å². The molecule has 0 radical (unpaired) electrons. The predicted molar refractivity (Wildman–Crippen MR) is 71.0 cm³/mol. The summed E-state index contributed by atoms with van der Waals surface area (Å²) >= 11 is 0. The molecule has 1 heterocycles. The normalized spacial score (nSPS) is 18.8. The maximum atomic E-state index is 11.7. The maximum absolute atomic E-state index is 11.7. The van der Waals surface area contributed by atoms with Crippen molar-refractivity contribution in [1.82, 2.24) is 0 Å². The van der Waals surface area contributed by atoms with Gasteiger partial charge in [0.2, 0.25) is 0 Å².